The summed E-state index contributed by atoms with van der Waals surface area (Å²) in [7, 11) is 0. The fourth-order valence-electron chi connectivity index (χ4n) is 1.97. The van der Waals surface area contributed by atoms with Crippen LogP contribution in [-0.2, 0) is 4.79 Å². The quantitative estimate of drug-likeness (QED) is 0.646. The first-order valence-electron chi connectivity index (χ1n) is 7.45. The zero-order valence-electron chi connectivity index (χ0n) is 13.0. The Hall–Kier alpha value is -2.44. The van der Waals surface area contributed by atoms with Gasteiger partial charge in [0.05, 0.1) is 6.10 Å². The number of amides is 1. The van der Waals surface area contributed by atoms with Gasteiger partial charge in [0.25, 0.3) is 0 Å². The number of para-hydroxylation sites is 1. The molecule has 1 aromatic heterocycles. The smallest absolute Gasteiger partial charge is 0.222 e. The first-order chi connectivity index (χ1) is 11.1. The maximum Gasteiger partial charge on any atom is 0.222 e. The highest BCUT2D eigenvalue weighted by Gasteiger charge is 2.08. The van der Waals surface area contributed by atoms with Crippen molar-refractivity contribution in [2.75, 3.05) is 25.0 Å². The Balaban J connectivity index is 1.68. The number of nitrogens with zero attached hydrogens (tertiary/aromatic N) is 1. The van der Waals surface area contributed by atoms with Crippen LogP contribution < -0.4 is 15.4 Å². The molecule has 0 bridgehead atoms. The molecule has 2 aromatic rings. The minimum Gasteiger partial charge on any atom is -0.492 e. The van der Waals surface area contributed by atoms with Gasteiger partial charge in [-0.2, -0.15) is 0 Å². The van der Waals surface area contributed by atoms with E-state index in [4.69, 9.17) is 4.74 Å². The van der Waals surface area contributed by atoms with Crippen LogP contribution in [0.25, 0.3) is 0 Å². The number of benzene rings is 1. The second-order valence-corrected chi connectivity index (χ2v) is 5.04. The second kappa shape index (κ2) is 8.87. The highest BCUT2D eigenvalue weighted by atomic mass is 16.5. The van der Waals surface area contributed by atoms with Gasteiger partial charge in [-0.05, 0) is 18.2 Å². The van der Waals surface area contributed by atoms with Crippen molar-refractivity contribution >= 4 is 11.7 Å². The number of rotatable bonds is 8. The molecule has 23 heavy (non-hydrogen) atoms. The highest BCUT2D eigenvalue weighted by Crippen LogP contribution is 2.13. The molecule has 0 aliphatic carbocycles. The number of carbonyl (C=O) groups is 1. The summed E-state index contributed by atoms with van der Waals surface area (Å²) < 4.78 is 5.55. The SMILES string of the molecule is CC(=O)Nc1ccc([C@@H](O)CNCCOc2ccccc2)cn1. The molecule has 1 heterocycles. The fraction of sp³-hybridized carbons (Fsp3) is 0.294. The predicted octanol–water partition coefficient (Wildman–Crippen LogP) is 1.74. The summed E-state index contributed by atoms with van der Waals surface area (Å²) in [5.41, 5.74) is 0.690. The monoisotopic (exact) mass is 315 g/mol. The Morgan fingerprint density at radius 1 is 1.26 bits per heavy atom. The number of ether oxygens (including phenoxy) is 1. The van der Waals surface area contributed by atoms with E-state index in [1.165, 1.54) is 6.92 Å². The van der Waals surface area contributed by atoms with Gasteiger partial charge >= 0.3 is 0 Å². The molecule has 0 radical (unpaired) electrons. The molecule has 2 rings (SSSR count). The number of aliphatic hydroxyl groups excluding tert-OH is 1. The van der Waals surface area contributed by atoms with E-state index in [2.05, 4.69) is 15.6 Å². The predicted molar refractivity (Wildman–Crippen MR) is 88.3 cm³/mol. The molecule has 122 valence electrons. The van der Waals surface area contributed by atoms with Crippen molar-refractivity contribution in [2.24, 2.45) is 0 Å². The maximum atomic E-state index is 10.9. The Kier molecular flexibility index (Phi) is 6.53. The van der Waals surface area contributed by atoms with Crippen LogP contribution in [0.15, 0.2) is 48.7 Å². The third-order valence-electron chi connectivity index (χ3n) is 3.10. The molecular formula is C17H21N3O3. The average Bonchev–Trinajstić information content (AvgIpc) is 2.55. The number of aliphatic hydroxyl groups is 1. The topological polar surface area (TPSA) is 83.5 Å². The van der Waals surface area contributed by atoms with Crippen molar-refractivity contribution in [1.82, 2.24) is 10.3 Å². The number of carbonyl (C=O) groups excluding carboxylic acids is 1. The highest BCUT2D eigenvalue weighted by molar-refractivity contribution is 5.87. The van der Waals surface area contributed by atoms with Crippen molar-refractivity contribution in [3.8, 4) is 5.75 Å². The van der Waals surface area contributed by atoms with Crippen molar-refractivity contribution in [3.63, 3.8) is 0 Å². The summed E-state index contributed by atoms with van der Waals surface area (Å²) in [6.07, 6.45) is 0.892. The van der Waals surface area contributed by atoms with Gasteiger partial charge in [0.1, 0.15) is 18.2 Å². The third-order valence-corrected chi connectivity index (χ3v) is 3.10. The Morgan fingerprint density at radius 2 is 2.04 bits per heavy atom. The summed E-state index contributed by atoms with van der Waals surface area (Å²) in [5.74, 6) is 1.12. The van der Waals surface area contributed by atoms with Crippen LogP contribution in [0.1, 0.15) is 18.6 Å². The number of hydrogen-bond acceptors (Lipinski definition) is 5. The Morgan fingerprint density at radius 3 is 2.70 bits per heavy atom. The molecule has 1 amide bonds. The Labute approximate surface area is 135 Å². The van der Waals surface area contributed by atoms with E-state index in [1.54, 1.807) is 18.3 Å². The van der Waals surface area contributed by atoms with Crippen LogP contribution >= 0.6 is 0 Å². The number of aromatic nitrogens is 1. The van der Waals surface area contributed by atoms with Crippen molar-refractivity contribution in [1.29, 1.82) is 0 Å². The van der Waals surface area contributed by atoms with E-state index in [0.29, 0.717) is 31.1 Å². The summed E-state index contributed by atoms with van der Waals surface area (Å²) in [4.78, 5) is 15.0. The number of hydrogen-bond donors (Lipinski definition) is 3. The number of nitrogens with one attached hydrogen (secondary N) is 2. The summed E-state index contributed by atoms with van der Waals surface area (Å²) >= 11 is 0. The average molecular weight is 315 g/mol. The van der Waals surface area contributed by atoms with Gasteiger partial charge in [-0.3, -0.25) is 4.79 Å². The van der Waals surface area contributed by atoms with Gasteiger partial charge in [0.15, 0.2) is 0 Å². The van der Waals surface area contributed by atoms with Crippen molar-refractivity contribution in [3.05, 3.63) is 54.2 Å². The largest absolute Gasteiger partial charge is 0.492 e. The lowest BCUT2D eigenvalue weighted by molar-refractivity contribution is -0.114. The molecule has 0 aliphatic heterocycles. The summed E-state index contributed by atoms with van der Waals surface area (Å²) in [6, 6.07) is 13.0. The van der Waals surface area contributed by atoms with Crippen molar-refractivity contribution < 1.29 is 14.6 Å². The molecule has 0 unspecified atom stereocenters. The van der Waals surface area contributed by atoms with Crippen LogP contribution in [0.4, 0.5) is 5.82 Å². The fourth-order valence-corrected chi connectivity index (χ4v) is 1.97. The zero-order valence-corrected chi connectivity index (χ0v) is 13.0. The number of pyridine rings is 1. The first kappa shape index (κ1) is 16.9. The molecule has 0 spiro atoms. The van der Waals surface area contributed by atoms with E-state index in [1.807, 2.05) is 30.3 Å². The zero-order chi connectivity index (χ0) is 16.5. The van der Waals surface area contributed by atoms with Crippen molar-refractivity contribution in [2.45, 2.75) is 13.0 Å². The molecule has 0 saturated carbocycles. The lowest BCUT2D eigenvalue weighted by Crippen LogP contribution is -2.26. The van der Waals surface area contributed by atoms with E-state index in [9.17, 15) is 9.90 Å². The third kappa shape index (κ3) is 6.06. The minimum atomic E-state index is -0.661. The lowest BCUT2D eigenvalue weighted by Gasteiger charge is -2.13. The summed E-state index contributed by atoms with van der Waals surface area (Å²) in [5, 5.41) is 15.8. The number of anilines is 1. The molecule has 0 saturated heterocycles. The molecule has 0 aliphatic rings. The van der Waals surface area contributed by atoms with Gasteiger partial charge in [0, 0.05) is 31.8 Å². The molecule has 6 heteroatoms. The van der Waals surface area contributed by atoms with Gasteiger partial charge in [0.2, 0.25) is 5.91 Å². The van der Waals surface area contributed by atoms with Gasteiger partial charge in [-0.25, -0.2) is 4.98 Å². The van der Waals surface area contributed by atoms with E-state index >= 15 is 0 Å². The molecule has 0 fully saturated rings. The maximum absolute atomic E-state index is 10.9. The summed E-state index contributed by atoms with van der Waals surface area (Å²) in [6.45, 7) is 2.98. The molecule has 3 N–H and O–H groups in total. The van der Waals surface area contributed by atoms with Crippen LogP contribution in [0.5, 0.6) is 5.75 Å². The normalized spacial score (nSPS) is 11.7. The van der Waals surface area contributed by atoms with Crippen LogP contribution in [0, 0.1) is 0 Å². The van der Waals surface area contributed by atoms with Crippen LogP contribution in [-0.4, -0.2) is 35.7 Å². The van der Waals surface area contributed by atoms with Crippen LogP contribution in [0.2, 0.25) is 0 Å². The van der Waals surface area contributed by atoms with E-state index in [-0.39, 0.29) is 5.91 Å². The van der Waals surface area contributed by atoms with Gasteiger partial charge in [-0.15, -0.1) is 0 Å². The second-order valence-electron chi connectivity index (χ2n) is 5.04. The minimum absolute atomic E-state index is 0.175. The van der Waals surface area contributed by atoms with E-state index < -0.39 is 6.10 Å². The van der Waals surface area contributed by atoms with Gasteiger partial charge in [-0.1, -0.05) is 24.3 Å². The Bertz CT molecular complexity index is 602. The molecule has 1 aromatic carbocycles. The lowest BCUT2D eigenvalue weighted by atomic mass is 10.1. The molecule has 6 nitrogen and oxygen atoms in total. The molecular weight excluding hydrogens is 294 g/mol. The molecule has 1 atom stereocenters. The standard InChI is InChI=1S/C17H21N3O3/c1-13(21)20-17-8-7-14(11-19-17)16(22)12-18-9-10-23-15-5-3-2-4-6-15/h2-8,11,16,18,22H,9-10,12H2,1H3,(H,19,20,21)/t16-/m0/s1. The van der Waals surface area contributed by atoms with E-state index in [0.717, 1.165) is 5.75 Å². The van der Waals surface area contributed by atoms with Crippen LogP contribution in [0.3, 0.4) is 0 Å². The first-order valence-corrected chi connectivity index (χ1v) is 7.45. The van der Waals surface area contributed by atoms with Gasteiger partial charge < -0.3 is 20.5 Å².